The van der Waals surface area contributed by atoms with Crippen molar-refractivity contribution < 1.29 is 4.84 Å². The number of hydrogen-bond acceptors (Lipinski definition) is 2. The average molecular weight is 149 g/mol. The summed E-state index contributed by atoms with van der Waals surface area (Å²) in [6, 6.07) is 0. The van der Waals surface area contributed by atoms with Gasteiger partial charge in [-0.05, 0) is 25.5 Å². The van der Waals surface area contributed by atoms with Gasteiger partial charge in [0.15, 0.2) is 6.10 Å². The van der Waals surface area contributed by atoms with Crippen molar-refractivity contribution >= 4 is 6.21 Å². The molecule has 2 rings (SSSR count). The Morgan fingerprint density at radius 3 is 3.00 bits per heavy atom. The Bertz CT molecular complexity index is 234. The Morgan fingerprint density at radius 2 is 2.45 bits per heavy atom. The minimum atomic E-state index is 0.194. The summed E-state index contributed by atoms with van der Waals surface area (Å²) in [5.74, 6) is 0.568. The number of hydrogen-bond donors (Lipinski definition) is 0. The van der Waals surface area contributed by atoms with Crippen LogP contribution in [0.15, 0.2) is 29.0 Å². The van der Waals surface area contributed by atoms with Crippen molar-refractivity contribution in [3.63, 3.8) is 0 Å². The SMILES string of the molecule is C/C=C1/CC1/C=N/OC1C=C1. The molecule has 2 aliphatic carbocycles. The molecule has 1 saturated carbocycles. The maximum Gasteiger partial charge on any atom is 0.164 e. The maximum atomic E-state index is 5.03. The molecule has 0 aliphatic heterocycles. The summed E-state index contributed by atoms with van der Waals surface area (Å²) in [6.07, 6.45) is 9.34. The van der Waals surface area contributed by atoms with Crippen molar-refractivity contribution in [3.8, 4) is 0 Å². The number of allylic oxidation sites excluding steroid dienone is 2. The number of rotatable bonds is 3. The molecule has 0 radical (unpaired) electrons. The normalized spacial score (nSPS) is 31.7. The van der Waals surface area contributed by atoms with E-state index in [0.29, 0.717) is 5.92 Å². The summed E-state index contributed by atoms with van der Waals surface area (Å²) < 4.78 is 0. The molecule has 1 atom stereocenters. The molecule has 0 bridgehead atoms. The summed E-state index contributed by atoms with van der Waals surface area (Å²) in [7, 11) is 0. The minimum Gasteiger partial charge on any atom is -0.384 e. The second kappa shape index (κ2) is 2.53. The molecule has 0 aromatic carbocycles. The van der Waals surface area contributed by atoms with E-state index in [0.717, 1.165) is 0 Å². The highest BCUT2D eigenvalue weighted by atomic mass is 16.6. The molecule has 0 heterocycles. The predicted molar refractivity (Wildman–Crippen MR) is 44.4 cm³/mol. The molecule has 0 N–H and O–H groups in total. The van der Waals surface area contributed by atoms with Crippen molar-refractivity contribution in [1.29, 1.82) is 0 Å². The standard InChI is InChI=1S/C9H11NO/c1-2-7-5-8(7)6-10-11-9-3-4-9/h2-4,6,8-9H,5H2,1H3/b7-2-,10-6+. The fourth-order valence-electron chi connectivity index (χ4n) is 0.970. The van der Waals surface area contributed by atoms with Gasteiger partial charge in [-0.15, -0.1) is 0 Å². The van der Waals surface area contributed by atoms with Crippen LogP contribution in [0.3, 0.4) is 0 Å². The topological polar surface area (TPSA) is 21.6 Å². The Hall–Kier alpha value is -1.05. The van der Waals surface area contributed by atoms with Crippen LogP contribution in [-0.2, 0) is 4.84 Å². The van der Waals surface area contributed by atoms with E-state index in [4.69, 9.17) is 4.84 Å². The quantitative estimate of drug-likeness (QED) is 0.341. The van der Waals surface area contributed by atoms with Crippen LogP contribution in [0.25, 0.3) is 0 Å². The molecule has 58 valence electrons. The Morgan fingerprint density at radius 1 is 1.64 bits per heavy atom. The highest BCUT2D eigenvalue weighted by molar-refractivity contribution is 5.70. The largest absolute Gasteiger partial charge is 0.384 e. The van der Waals surface area contributed by atoms with Crippen molar-refractivity contribution in [2.45, 2.75) is 19.4 Å². The fourth-order valence-corrected chi connectivity index (χ4v) is 0.970. The van der Waals surface area contributed by atoms with Gasteiger partial charge in [-0.1, -0.05) is 16.8 Å². The molecule has 0 aromatic rings. The second-order valence-corrected chi connectivity index (χ2v) is 2.88. The second-order valence-electron chi connectivity index (χ2n) is 2.88. The average Bonchev–Trinajstić information content (AvgIpc) is 2.79. The van der Waals surface area contributed by atoms with Crippen molar-refractivity contribution in [2.75, 3.05) is 0 Å². The summed E-state index contributed by atoms with van der Waals surface area (Å²) >= 11 is 0. The first-order valence-electron chi connectivity index (χ1n) is 3.93. The first kappa shape index (κ1) is 6.65. The zero-order valence-corrected chi connectivity index (χ0v) is 6.53. The van der Waals surface area contributed by atoms with Gasteiger partial charge in [-0.3, -0.25) is 0 Å². The van der Waals surface area contributed by atoms with Gasteiger partial charge in [-0.25, -0.2) is 0 Å². The third-order valence-corrected chi connectivity index (χ3v) is 1.92. The van der Waals surface area contributed by atoms with E-state index in [1.54, 1.807) is 0 Å². The van der Waals surface area contributed by atoms with Crippen LogP contribution in [-0.4, -0.2) is 12.3 Å². The molecule has 11 heavy (non-hydrogen) atoms. The Labute approximate surface area is 66.2 Å². The molecule has 0 saturated heterocycles. The van der Waals surface area contributed by atoms with Crippen molar-refractivity contribution in [2.24, 2.45) is 11.1 Å². The van der Waals surface area contributed by atoms with Gasteiger partial charge in [0.1, 0.15) is 0 Å². The molecule has 0 spiro atoms. The van der Waals surface area contributed by atoms with Crippen LogP contribution in [0.4, 0.5) is 0 Å². The minimum absolute atomic E-state index is 0.194. The van der Waals surface area contributed by atoms with E-state index in [9.17, 15) is 0 Å². The summed E-state index contributed by atoms with van der Waals surface area (Å²) in [5, 5.41) is 3.87. The third kappa shape index (κ3) is 1.70. The zero-order chi connectivity index (χ0) is 7.68. The Kier molecular flexibility index (Phi) is 1.53. The van der Waals surface area contributed by atoms with Gasteiger partial charge in [0.2, 0.25) is 0 Å². The van der Waals surface area contributed by atoms with E-state index >= 15 is 0 Å². The molecule has 1 fully saturated rings. The van der Waals surface area contributed by atoms with Crippen molar-refractivity contribution in [1.82, 2.24) is 0 Å². The molecule has 1 unspecified atom stereocenters. The predicted octanol–water partition coefficient (Wildman–Crippen LogP) is 1.89. The van der Waals surface area contributed by atoms with Crippen LogP contribution in [0.2, 0.25) is 0 Å². The molecular formula is C9H11NO. The lowest BCUT2D eigenvalue weighted by Gasteiger charge is -1.90. The molecule has 2 nitrogen and oxygen atoms in total. The highest BCUT2D eigenvalue weighted by Gasteiger charge is 2.26. The highest BCUT2D eigenvalue weighted by Crippen LogP contribution is 2.35. The summed E-state index contributed by atoms with van der Waals surface area (Å²) in [4.78, 5) is 5.03. The first-order chi connectivity index (χ1) is 5.40. The van der Waals surface area contributed by atoms with Crippen LogP contribution >= 0.6 is 0 Å². The van der Waals surface area contributed by atoms with Gasteiger partial charge >= 0.3 is 0 Å². The van der Waals surface area contributed by atoms with E-state index in [1.165, 1.54) is 12.0 Å². The van der Waals surface area contributed by atoms with Gasteiger partial charge in [0.25, 0.3) is 0 Å². The third-order valence-electron chi connectivity index (χ3n) is 1.92. The molecule has 2 aliphatic rings. The molecule has 0 amide bonds. The smallest absolute Gasteiger partial charge is 0.164 e. The molecule has 2 heteroatoms. The maximum absolute atomic E-state index is 5.03. The number of oxime groups is 1. The van der Waals surface area contributed by atoms with E-state index in [-0.39, 0.29) is 6.10 Å². The summed E-state index contributed by atoms with van der Waals surface area (Å²) in [5.41, 5.74) is 1.47. The van der Waals surface area contributed by atoms with Gasteiger partial charge < -0.3 is 4.84 Å². The first-order valence-corrected chi connectivity index (χ1v) is 3.93. The van der Waals surface area contributed by atoms with E-state index < -0.39 is 0 Å². The molecular weight excluding hydrogens is 138 g/mol. The van der Waals surface area contributed by atoms with Gasteiger partial charge in [0.05, 0.1) is 6.21 Å². The van der Waals surface area contributed by atoms with Gasteiger partial charge in [-0.2, -0.15) is 0 Å². The monoisotopic (exact) mass is 149 g/mol. The van der Waals surface area contributed by atoms with E-state index in [1.807, 2.05) is 18.4 Å². The van der Waals surface area contributed by atoms with Crippen LogP contribution in [0.5, 0.6) is 0 Å². The number of nitrogens with zero attached hydrogens (tertiary/aromatic N) is 1. The van der Waals surface area contributed by atoms with Crippen molar-refractivity contribution in [3.05, 3.63) is 23.8 Å². The molecule has 0 aromatic heterocycles. The van der Waals surface area contributed by atoms with Crippen LogP contribution < -0.4 is 0 Å². The van der Waals surface area contributed by atoms with Gasteiger partial charge in [0, 0.05) is 5.92 Å². The fraction of sp³-hybridized carbons (Fsp3) is 0.444. The van der Waals surface area contributed by atoms with Crippen LogP contribution in [0.1, 0.15) is 13.3 Å². The van der Waals surface area contributed by atoms with Crippen LogP contribution in [0, 0.1) is 5.92 Å². The lowest BCUT2D eigenvalue weighted by molar-refractivity contribution is 0.146. The lowest BCUT2D eigenvalue weighted by atomic mass is 10.4. The zero-order valence-electron chi connectivity index (χ0n) is 6.53. The Balaban J connectivity index is 1.69. The van der Waals surface area contributed by atoms with E-state index in [2.05, 4.69) is 18.2 Å². The lowest BCUT2D eigenvalue weighted by Crippen LogP contribution is -1.87. The summed E-state index contributed by atoms with van der Waals surface area (Å²) in [6.45, 7) is 2.06.